The third kappa shape index (κ3) is 4.67. The van der Waals surface area contributed by atoms with E-state index in [1.165, 1.54) is 17.3 Å². The van der Waals surface area contributed by atoms with E-state index in [0.717, 1.165) is 36.2 Å². The molecule has 0 aromatic carbocycles. The maximum atomic E-state index is 12.6. The van der Waals surface area contributed by atoms with Crippen LogP contribution in [0.5, 0.6) is 0 Å². The van der Waals surface area contributed by atoms with Crippen molar-refractivity contribution in [1.29, 1.82) is 5.26 Å². The van der Waals surface area contributed by atoms with Gasteiger partial charge in [0.15, 0.2) is 5.16 Å². The highest BCUT2D eigenvalue weighted by Crippen LogP contribution is 2.29. The van der Waals surface area contributed by atoms with Gasteiger partial charge in [0.2, 0.25) is 0 Å². The van der Waals surface area contributed by atoms with Crippen molar-refractivity contribution in [3.8, 4) is 6.07 Å². The second-order valence-electron chi connectivity index (χ2n) is 8.02. The van der Waals surface area contributed by atoms with Gasteiger partial charge < -0.3 is 19.9 Å². The first-order valence-electron chi connectivity index (χ1n) is 9.58. The summed E-state index contributed by atoms with van der Waals surface area (Å²) in [5.74, 6) is 0.947. The van der Waals surface area contributed by atoms with E-state index in [-0.39, 0.29) is 18.6 Å². The van der Waals surface area contributed by atoms with Crippen LogP contribution in [0.25, 0.3) is 0 Å². The second-order valence-corrected chi connectivity index (χ2v) is 8.80. The lowest BCUT2D eigenvalue weighted by Crippen LogP contribution is -2.56. The van der Waals surface area contributed by atoms with Gasteiger partial charge in [-0.05, 0) is 40.0 Å². The molecule has 3 rings (SSSR count). The molecule has 1 aromatic rings. The van der Waals surface area contributed by atoms with Crippen molar-refractivity contribution in [2.24, 2.45) is 0 Å². The number of piperazine rings is 1. The molecule has 0 unspecified atom stereocenters. The summed E-state index contributed by atoms with van der Waals surface area (Å²) in [5.41, 5.74) is 1.67. The molecule has 1 N–H and O–H groups in total. The smallest absolute Gasteiger partial charge is 0.410 e. The predicted octanol–water partition coefficient (Wildman–Crippen LogP) is 2.18. The summed E-state index contributed by atoms with van der Waals surface area (Å²) < 4.78 is 5.54. The normalized spacial score (nSPS) is 19.8. The number of hydrogen-bond donors (Lipinski definition) is 1. The Labute approximate surface area is 170 Å². The number of nitrogens with zero attached hydrogens (tertiary/aromatic N) is 5. The number of nitriles is 1. The van der Waals surface area contributed by atoms with Crippen LogP contribution in [0, 0.1) is 11.3 Å². The minimum atomic E-state index is -0.558. The van der Waals surface area contributed by atoms with E-state index < -0.39 is 5.60 Å². The molecule has 3 heterocycles. The van der Waals surface area contributed by atoms with Gasteiger partial charge >= 0.3 is 6.09 Å². The maximum absolute atomic E-state index is 12.6. The molecule has 0 saturated carbocycles. The molecule has 8 nitrogen and oxygen atoms in total. The van der Waals surface area contributed by atoms with Gasteiger partial charge in [-0.1, -0.05) is 11.8 Å². The number of aromatic nitrogens is 2. The Balaban J connectivity index is 1.84. The molecule has 1 aromatic heterocycles. The zero-order valence-electron chi connectivity index (χ0n) is 17.0. The second kappa shape index (κ2) is 8.53. The number of fused-ring (bicyclic) bond motifs is 1. The van der Waals surface area contributed by atoms with Gasteiger partial charge in [0.1, 0.15) is 11.4 Å². The third-order valence-corrected chi connectivity index (χ3v) is 5.36. The van der Waals surface area contributed by atoms with Crippen LogP contribution in [-0.4, -0.2) is 65.0 Å². The summed E-state index contributed by atoms with van der Waals surface area (Å²) in [6, 6.07) is 2.00. The highest BCUT2D eigenvalue weighted by Gasteiger charge is 2.35. The molecule has 0 aliphatic carbocycles. The van der Waals surface area contributed by atoms with Gasteiger partial charge in [0, 0.05) is 31.7 Å². The van der Waals surface area contributed by atoms with Crippen molar-refractivity contribution in [3.05, 3.63) is 11.3 Å². The number of amides is 1. The molecule has 2 aliphatic rings. The third-order valence-electron chi connectivity index (χ3n) is 4.81. The van der Waals surface area contributed by atoms with Crippen LogP contribution in [0.2, 0.25) is 0 Å². The van der Waals surface area contributed by atoms with Crippen molar-refractivity contribution >= 4 is 23.7 Å². The van der Waals surface area contributed by atoms with E-state index in [9.17, 15) is 10.1 Å². The number of rotatable bonds is 3. The first-order valence-corrected chi connectivity index (χ1v) is 10.8. The maximum Gasteiger partial charge on any atom is 0.410 e. The summed E-state index contributed by atoms with van der Waals surface area (Å²) in [5, 5.41) is 13.4. The molecule has 28 heavy (non-hydrogen) atoms. The fourth-order valence-corrected chi connectivity index (χ4v) is 3.94. The van der Waals surface area contributed by atoms with Crippen LogP contribution in [0.3, 0.4) is 0 Å². The topological polar surface area (TPSA) is 94.4 Å². The fourth-order valence-electron chi connectivity index (χ4n) is 3.56. The first kappa shape index (κ1) is 20.7. The number of anilines is 1. The molecule has 1 saturated heterocycles. The van der Waals surface area contributed by atoms with Crippen LogP contribution in [0.15, 0.2) is 5.16 Å². The lowest BCUT2D eigenvalue weighted by atomic mass is 10.0. The Hall–Kier alpha value is -2.05. The van der Waals surface area contributed by atoms with Gasteiger partial charge in [-0.15, -0.1) is 0 Å². The highest BCUT2D eigenvalue weighted by atomic mass is 32.2. The standard InChI is InChI=1S/C19H28N6O2S/c1-19(2,3)27-18(26)25-10-9-24(12-13(25)5-7-20)16-14-6-8-21-11-15(14)22-17(23-16)28-4/h13,21H,5-6,8-12H2,1-4H3/t13-/m0/s1. The van der Waals surface area contributed by atoms with Crippen LogP contribution in [-0.2, 0) is 17.7 Å². The molecule has 1 amide bonds. The predicted molar refractivity (Wildman–Crippen MR) is 108 cm³/mol. The Morgan fingerprint density at radius 1 is 1.39 bits per heavy atom. The van der Waals surface area contributed by atoms with Gasteiger partial charge in [-0.25, -0.2) is 14.8 Å². The first-order chi connectivity index (χ1) is 13.3. The van der Waals surface area contributed by atoms with Gasteiger partial charge in [-0.2, -0.15) is 5.26 Å². The van der Waals surface area contributed by atoms with E-state index >= 15 is 0 Å². The lowest BCUT2D eigenvalue weighted by Gasteiger charge is -2.42. The van der Waals surface area contributed by atoms with Crippen molar-refractivity contribution in [1.82, 2.24) is 20.2 Å². The number of ether oxygens (including phenoxy) is 1. The largest absolute Gasteiger partial charge is 0.444 e. The molecular formula is C19H28N6O2S. The molecule has 0 radical (unpaired) electrons. The van der Waals surface area contributed by atoms with Crippen molar-refractivity contribution in [2.75, 3.05) is 37.3 Å². The SMILES string of the molecule is CSc1nc2c(c(N3CCN(C(=O)OC(C)(C)C)[C@@H](CC#N)C3)n1)CCNC2. The molecule has 0 spiro atoms. The molecule has 9 heteroatoms. The summed E-state index contributed by atoms with van der Waals surface area (Å²) in [4.78, 5) is 25.9. The van der Waals surface area contributed by atoms with Crippen molar-refractivity contribution in [2.45, 2.75) is 57.0 Å². The van der Waals surface area contributed by atoms with Crippen LogP contribution < -0.4 is 10.2 Å². The van der Waals surface area contributed by atoms with Gasteiger partial charge in [0.25, 0.3) is 0 Å². The summed E-state index contributed by atoms with van der Waals surface area (Å²) in [6.45, 7) is 8.94. The minimum absolute atomic E-state index is 0.223. The Kier molecular flexibility index (Phi) is 6.30. The lowest BCUT2D eigenvalue weighted by molar-refractivity contribution is 0.0144. The quantitative estimate of drug-likeness (QED) is 0.605. The van der Waals surface area contributed by atoms with E-state index in [1.807, 2.05) is 27.0 Å². The van der Waals surface area contributed by atoms with Crippen molar-refractivity contribution in [3.63, 3.8) is 0 Å². The highest BCUT2D eigenvalue weighted by molar-refractivity contribution is 7.98. The average molecular weight is 405 g/mol. The number of carbonyl (C=O) groups excluding carboxylic acids is 1. The Morgan fingerprint density at radius 2 is 2.18 bits per heavy atom. The van der Waals surface area contributed by atoms with Gasteiger partial charge in [-0.3, -0.25) is 0 Å². The Bertz CT molecular complexity index is 773. The Morgan fingerprint density at radius 3 is 2.86 bits per heavy atom. The monoisotopic (exact) mass is 404 g/mol. The summed E-state index contributed by atoms with van der Waals surface area (Å²) >= 11 is 1.53. The molecule has 2 aliphatic heterocycles. The molecule has 1 fully saturated rings. The van der Waals surface area contributed by atoms with Crippen LogP contribution in [0.1, 0.15) is 38.4 Å². The average Bonchev–Trinajstić information content (AvgIpc) is 2.66. The van der Waals surface area contributed by atoms with Crippen molar-refractivity contribution < 1.29 is 9.53 Å². The number of hydrogen-bond acceptors (Lipinski definition) is 8. The zero-order valence-corrected chi connectivity index (χ0v) is 17.8. The van der Waals surface area contributed by atoms with E-state index in [0.29, 0.717) is 19.6 Å². The fraction of sp³-hybridized carbons (Fsp3) is 0.684. The number of thioether (sulfide) groups is 1. The van der Waals surface area contributed by atoms with Gasteiger partial charge in [0.05, 0.1) is 24.2 Å². The molecular weight excluding hydrogens is 376 g/mol. The molecule has 152 valence electrons. The van der Waals surface area contributed by atoms with E-state index in [1.54, 1.807) is 4.90 Å². The molecule has 0 bridgehead atoms. The van der Waals surface area contributed by atoms with Crippen LogP contribution in [0.4, 0.5) is 10.6 Å². The number of nitrogens with one attached hydrogen (secondary N) is 1. The summed E-state index contributed by atoms with van der Waals surface area (Å²) in [6.07, 6.45) is 2.76. The summed E-state index contributed by atoms with van der Waals surface area (Å²) in [7, 11) is 0. The minimum Gasteiger partial charge on any atom is -0.444 e. The van der Waals surface area contributed by atoms with Crippen LogP contribution >= 0.6 is 11.8 Å². The zero-order chi connectivity index (χ0) is 20.3. The van der Waals surface area contributed by atoms with E-state index in [4.69, 9.17) is 9.72 Å². The number of carbonyl (C=O) groups is 1. The van der Waals surface area contributed by atoms with E-state index in [2.05, 4.69) is 21.3 Å². The molecule has 1 atom stereocenters.